The monoisotopic (exact) mass is 445 g/mol. The summed E-state index contributed by atoms with van der Waals surface area (Å²) in [6, 6.07) is 7.83. The number of esters is 1. The Balaban J connectivity index is 1.70. The predicted octanol–water partition coefficient (Wildman–Crippen LogP) is 4.35. The van der Waals surface area contributed by atoms with E-state index in [-0.39, 0.29) is 36.3 Å². The van der Waals surface area contributed by atoms with Gasteiger partial charge in [0.1, 0.15) is 12.4 Å². The van der Waals surface area contributed by atoms with E-state index in [4.69, 9.17) is 9.47 Å². The molecule has 0 amide bonds. The summed E-state index contributed by atoms with van der Waals surface area (Å²) >= 11 is 3.52. The van der Waals surface area contributed by atoms with Gasteiger partial charge in [0.2, 0.25) is 0 Å². The van der Waals surface area contributed by atoms with E-state index < -0.39 is 0 Å². The Bertz CT molecular complexity index is 854. The van der Waals surface area contributed by atoms with E-state index in [0.717, 1.165) is 48.0 Å². The minimum atomic E-state index is -0.390. The molecule has 1 aromatic rings. The minimum Gasteiger partial charge on any atom is -0.460 e. The van der Waals surface area contributed by atoms with Gasteiger partial charge in [-0.3, -0.25) is 9.79 Å². The van der Waals surface area contributed by atoms with Crippen molar-refractivity contribution in [3.05, 3.63) is 45.6 Å². The van der Waals surface area contributed by atoms with Gasteiger partial charge in [0, 0.05) is 34.8 Å². The van der Waals surface area contributed by atoms with E-state index in [1.54, 1.807) is 0 Å². The van der Waals surface area contributed by atoms with Gasteiger partial charge in [-0.2, -0.15) is 0 Å². The van der Waals surface area contributed by atoms with Crippen molar-refractivity contribution in [1.82, 2.24) is 0 Å². The summed E-state index contributed by atoms with van der Waals surface area (Å²) in [4.78, 5) is 30.6. The molecule has 0 spiro atoms. The molecule has 1 aromatic carbocycles. The number of carbonyl (C=O) groups is 2. The smallest absolute Gasteiger partial charge is 0.336 e. The third-order valence-electron chi connectivity index (χ3n) is 5.76. The summed E-state index contributed by atoms with van der Waals surface area (Å²) in [5, 5.41) is 0. The van der Waals surface area contributed by atoms with Crippen molar-refractivity contribution in [1.29, 1.82) is 0 Å². The highest BCUT2D eigenvalue weighted by atomic mass is 79.9. The van der Waals surface area contributed by atoms with Crippen molar-refractivity contribution in [3.8, 4) is 0 Å². The molecule has 28 heavy (non-hydrogen) atoms. The number of carbonyl (C=O) groups excluding carboxylic acids is 2. The van der Waals surface area contributed by atoms with Gasteiger partial charge in [-0.1, -0.05) is 28.1 Å². The van der Waals surface area contributed by atoms with E-state index in [2.05, 4.69) is 20.9 Å². The zero-order valence-corrected chi connectivity index (χ0v) is 17.5. The fraction of sp³-hybridized carbons (Fsp3) is 0.500. The van der Waals surface area contributed by atoms with Crippen molar-refractivity contribution in [2.75, 3.05) is 13.2 Å². The van der Waals surface area contributed by atoms with Crippen LogP contribution in [0.4, 0.5) is 0 Å². The molecule has 6 heteroatoms. The maximum Gasteiger partial charge on any atom is 0.336 e. The van der Waals surface area contributed by atoms with Crippen LogP contribution < -0.4 is 0 Å². The van der Waals surface area contributed by atoms with Gasteiger partial charge in [-0.05, 0) is 50.3 Å². The third-order valence-corrected chi connectivity index (χ3v) is 6.25. The minimum absolute atomic E-state index is 0.0341. The lowest BCUT2D eigenvalue weighted by Gasteiger charge is -2.35. The molecule has 0 unspecified atom stereocenters. The third kappa shape index (κ3) is 3.85. The van der Waals surface area contributed by atoms with Gasteiger partial charge in [0.25, 0.3) is 0 Å². The van der Waals surface area contributed by atoms with Gasteiger partial charge < -0.3 is 9.47 Å². The number of Topliss-reactive ketones (excluding diaryl/α,β-unsaturated/α-hetero) is 1. The zero-order valence-electron chi connectivity index (χ0n) is 15.9. The van der Waals surface area contributed by atoms with E-state index in [9.17, 15) is 9.59 Å². The van der Waals surface area contributed by atoms with Crippen molar-refractivity contribution >= 4 is 33.4 Å². The molecule has 2 aliphatic heterocycles. The number of fused-ring (bicyclic) bond motifs is 1. The standard InChI is InChI=1S/C22H24BrNO4/c1-13-19(22(26)28-12-16-7-4-10-27-16)20(14-5-2-6-15(23)11-14)21-17(24-13)8-3-9-18(21)25/h2,5-6,11,16,20-21H,3-4,7-10,12H2,1H3/t16-,20+,21-/m0/s1. The lowest BCUT2D eigenvalue weighted by atomic mass is 9.69. The first kappa shape index (κ1) is 19.5. The van der Waals surface area contributed by atoms with Crippen LogP contribution in [0.25, 0.3) is 0 Å². The lowest BCUT2D eigenvalue weighted by molar-refractivity contribution is -0.142. The van der Waals surface area contributed by atoms with E-state index in [1.807, 2.05) is 31.2 Å². The van der Waals surface area contributed by atoms with E-state index in [1.165, 1.54) is 0 Å². The summed E-state index contributed by atoms with van der Waals surface area (Å²) < 4.78 is 12.1. The van der Waals surface area contributed by atoms with Crippen LogP contribution in [0, 0.1) is 5.92 Å². The molecule has 0 aromatic heterocycles. The second-order valence-electron chi connectivity index (χ2n) is 7.67. The number of ketones is 1. The molecular weight excluding hydrogens is 422 g/mol. The van der Waals surface area contributed by atoms with Crippen LogP contribution in [-0.4, -0.2) is 36.8 Å². The van der Waals surface area contributed by atoms with Crippen LogP contribution in [0.3, 0.4) is 0 Å². The highest BCUT2D eigenvalue weighted by molar-refractivity contribution is 9.10. The molecule has 0 bridgehead atoms. The van der Waals surface area contributed by atoms with Crippen LogP contribution >= 0.6 is 15.9 Å². The number of allylic oxidation sites excluding steroid dienone is 1. The van der Waals surface area contributed by atoms with Gasteiger partial charge in [-0.15, -0.1) is 0 Å². The van der Waals surface area contributed by atoms with Gasteiger partial charge in [0.05, 0.1) is 17.6 Å². The average molecular weight is 446 g/mol. The molecular formula is C22H24BrNO4. The van der Waals surface area contributed by atoms with Crippen molar-refractivity contribution in [3.63, 3.8) is 0 Å². The Hall–Kier alpha value is -1.79. The Morgan fingerprint density at radius 2 is 2.14 bits per heavy atom. The molecule has 5 nitrogen and oxygen atoms in total. The fourth-order valence-corrected chi connectivity index (χ4v) is 4.88. The number of benzene rings is 1. The lowest BCUT2D eigenvalue weighted by Crippen LogP contribution is -2.39. The van der Waals surface area contributed by atoms with Crippen molar-refractivity contribution < 1.29 is 19.1 Å². The Morgan fingerprint density at radius 1 is 1.29 bits per heavy atom. The highest BCUT2D eigenvalue weighted by Gasteiger charge is 2.43. The molecule has 1 saturated carbocycles. The average Bonchev–Trinajstić information content (AvgIpc) is 3.19. The van der Waals surface area contributed by atoms with E-state index in [0.29, 0.717) is 17.7 Å². The van der Waals surface area contributed by atoms with Crippen LogP contribution in [0.15, 0.2) is 45.0 Å². The molecule has 148 valence electrons. The number of hydrogen-bond donors (Lipinski definition) is 0. The zero-order chi connectivity index (χ0) is 19.7. The van der Waals surface area contributed by atoms with Crippen LogP contribution in [0.5, 0.6) is 0 Å². The molecule has 2 heterocycles. The van der Waals surface area contributed by atoms with Gasteiger partial charge in [0.15, 0.2) is 0 Å². The highest BCUT2D eigenvalue weighted by Crippen LogP contribution is 2.43. The second kappa shape index (κ2) is 8.29. The van der Waals surface area contributed by atoms with E-state index >= 15 is 0 Å². The second-order valence-corrected chi connectivity index (χ2v) is 8.58. The number of rotatable bonds is 4. The topological polar surface area (TPSA) is 65.0 Å². The summed E-state index contributed by atoms with van der Waals surface area (Å²) in [7, 11) is 0. The number of ether oxygens (including phenoxy) is 2. The quantitative estimate of drug-likeness (QED) is 0.645. The molecule has 0 radical (unpaired) electrons. The van der Waals surface area contributed by atoms with Crippen LogP contribution in [0.2, 0.25) is 0 Å². The van der Waals surface area contributed by atoms with Crippen LogP contribution in [0.1, 0.15) is 50.5 Å². The number of halogens is 1. The summed E-state index contributed by atoms with van der Waals surface area (Å²) in [5.41, 5.74) is 2.99. The summed E-state index contributed by atoms with van der Waals surface area (Å²) in [6.45, 7) is 2.81. The SMILES string of the molecule is CC1=C(C(=O)OC[C@@H]2CCCO2)[C@@H](c2cccc(Br)c2)[C@@H]2C(=O)CCCC2=N1. The first-order chi connectivity index (χ1) is 13.5. The summed E-state index contributed by atoms with van der Waals surface area (Å²) in [6.07, 6.45) is 4.03. The molecule has 3 aliphatic rings. The van der Waals surface area contributed by atoms with Crippen molar-refractivity contribution in [2.45, 2.75) is 51.0 Å². The Labute approximate surface area is 173 Å². The maximum absolute atomic E-state index is 13.1. The molecule has 0 N–H and O–H groups in total. The Kier molecular flexibility index (Phi) is 5.78. The first-order valence-electron chi connectivity index (χ1n) is 9.89. The number of nitrogens with zero attached hydrogens (tertiary/aromatic N) is 1. The normalized spacial score (nSPS) is 27.4. The van der Waals surface area contributed by atoms with Crippen molar-refractivity contribution in [2.24, 2.45) is 10.9 Å². The predicted molar refractivity (Wildman–Crippen MR) is 109 cm³/mol. The Morgan fingerprint density at radius 3 is 2.89 bits per heavy atom. The number of hydrogen-bond acceptors (Lipinski definition) is 5. The van der Waals surface area contributed by atoms with Crippen LogP contribution in [-0.2, 0) is 19.1 Å². The first-order valence-corrected chi connectivity index (χ1v) is 10.7. The molecule has 3 atom stereocenters. The number of aliphatic imine (C=N–C) groups is 1. The summed E-state index contributed by atoms with van der Waals surface area (Å²) in [5.74, 6) is -0.960. The van der Waals surface area contributed by atoms with Gasteiger partial charge >= 0.3 is 5.97 Å². The largest absolute Gasteiger partial charge is 0.460 e. The maximum atomic E-state index is 13.1. The molecule has 4 rings (SSSR count). The fourth-order valence-electron chi connectivity index (χ4n) is 4.47. The van der Waals surface area contributed by atoms with Gasteiger partial charge in [-0.25, -0.2) is 4.79 Å². The molecule has 1 aliphatic carbocycles. The molecule has 1 saturated heterocycles. The molecule has 2 fully saturated rings.